The van der Waals surface area contributed by atoms with E-state index in [0.29, 0.717) is 10.9 Å². The van der Waals surface area contributed by atoms with Crippen molar-refractivity contribution in [2.75, 3.05) is 13.6 Å². The molecule has 2 aliphatic carbocycles. The molecule has 1 N–H and O–H groups in total. The lowest BCUT2D eigenvalue weighted by Gasteiger charge is -2.29. The fourth-order valence-corrected chi connectivity index (χ4v) is 5.64. The van der Waals surface area contributed by atoms with Crippen LogP contribution < -0.4 is 5.32 Å². The van der Waals surface area contributed by atoms with Gasteiger partial charge in [-0.15, -0.1) is 0 Å². The molecule has 1 amide bonds. The standard InChI is InChI=1S/C18H25ClN2O3S/c1-12(17-10-13-3-4-14(17)9-13)20-18(22)11-21(2)25(23,24)16-7-5-15(19)6-8-16/h5-8,12-14,17H,3-4,9-11H2,1-2H3,(H,20,22)/t12-,13+,14+,17+/m1/s1. The lowest BCUT2D eigenvalue weighted by atomic mass is 9.84. The van der Waals surface area contributed by atoms with Crippen LogP contribution in [0.3, 0.4) is 0 Å². The van der Waals surface area contributed by atoms with Gasteiger partial charge in [0, 0.05) is 18.1 Å². The first-order valence-electron chi connectivity index (χ1n) is 8.78. The minimum atomic E-state index is -3.70. The number of nitrogens with zero attached hydrogens (tertiary/aromatic N) is 1. The second kappa shape index (κ2) is 7.25. The summed E-state index contributed by atoms with van der Waals surface area (Å²) in [4.78, 5) is 12.5. The molecule has 3 rings (SSSR count). The molecule has 0 spiro atoms. The van der Waals surface area contributed by atoms with Crippen molar-refractivity contribution >= 4 is 27.5 Å². The smallest absolute Gasteiger partial charge is 0.243 e. The monoisotopic (exact) mass is 384 g/mol. The van der Waals surface area contributed by atoms with E-state index in [2.05, 4.69) is 5.32 Å². The Balaban J connectivity index is 1.57. The van der Waals surface area contributed by atoms with Crippen molar-refractivity contribution in [1.82, 2.24) is 9.62 Å². The first-order chi connectivity index (χ1) is 11.8. The van der Waals surface area contributed by atoms with Gasteiger partial charge in [0.1, 0.15) is 0 Å². The average molecular weight is 385 g/mol. The molecule has 1 aromatic carbocycles. The summed E-state index contributed by atoms with van der Waals surface area (Å²) in [7, 11) is -2.28. The number of likely N-dealkylation sites (N-methyl/N-ethyl adjacent to an activating group) is 1. The van der Waals surface area contributed by atoms with Crippen molar-refractivity contribution in [3.63, 3.8) is 0 Å². The molecule has 0 unspecified atom stereocenters. The van der Waals surface area contributed by atoms with Crippen LogP contribution in [0.1, 0.15) is 32.6 Å². The van der Waals surface area contributed by atoms with Crippen molar-refractivity contribution in [1.29, 1.82) is 0 Å². The lowest BCUT2D eigenvalue weighted by Crippen LogP contribution is -2.45. The third-order valence-electron chi connectivity index (χ3n) is 5.71. The van der Waals surface area contributed by atoms with Crippen LogP contribution >= 0.6 is 11.6 Å². The maximum Gasteiger partial charge on any atom is 0.243 e. The highest BCUT2D eigenvalue weighted by atomic mass is 35.5. The first kappa shape index (κ1) is 18.7. The minimum Gasteiger partial charge on any atom is -0.352 e. The highest BCUT2D eigenvalue weighted by molar-refractivity contribution is 7.89. The van der Waals surface area contributed by atoms with E-state index in [1.807, 2.05) is 6.92 Å². The minimum absolute atomic E-state index is 0.0921. The maximum atomic E-state index is 12.5. The predicted molar refractivity (Wildman–Crippen MR) is 97.8 cm³/mol. The zero-order chi connectivity index (χ0) is 18.2. The number of nitrogens with one attached hydrogen (secondary N) is 1. The highest BCUT2D eigenvalue weighted by Crippen LogP contribution is 2.49. The summed E-state index contributed by atoms with van der Waals surface area (Å²) in [6.07, 6.45) is 5.06. The van der Waals surface area contributed by atoms with Crippen LogP contribution in [0.5, 0.6) is 0 Å². The Kier molecular flexibility index (Phi) is 5.42. The largest absolute Gasteiger partial charge is 0.352 e. The van der Waals surface area contributed by atoms with Crippen molar-refractivity contribution in [2.45, 2.75) is 43.5 Å². The van der Waals surface area contributed by atoms with Crippen molar-refractivity contribution in [3.05, 3.63) is 29.3 Å². The summed E-state index contributed by atoms with van der Waals surface area (Å²) >= 11 is 5.80. The van der Waals surface area contributed by atoms with Crippen LogP contribution in [0.2, 0.25) is 5.02 Å². The van der Waals surface area contributed by atoms with E-state index in [1.54, 1.807) is 0 Å². The Morgan fingerprint density at radius 2 is 1.96 bits per heavy atom. The van der Waals surface area contributed by atoms with E-state index in [4.69, 9.17) is 11.6 Å². The van der Waals surface area contributed by atoms with Crippen LogP contribution in [0.15, 0.2) is 29.2 Å². The molecule has 0 aromatic heterocycles. The third kappa shape index (κ3) is 4.01. The van der Waals surface area contributed by atoms with Crippen LogP contribution in [0, 0.1) is 17.8 Å². The average Bonchev–Trinajstić information content (AvgIpc) is 3.18. The molecule has 1 aromatic rings. The fraction of sp³-hybridized carbons (Fsp3) is 0.611. The molecule has 2 aliphatic rings. The number of sulfonamides is 1. The Hall–Kier alpha value is -1.11. The summed E-state index contributed by atoms with van der Waals surface area (Å²) in [6.45, 7) is 1.85. The first-order valence-corrected chi connectivity index (χ1v) is 10.6. The second-order valence-corrected chi connectivity index (χ2v) is 9.89. The van der Waals surface area contributed by atoms with Crippen molar-refractivity contribution in [2.24, 2.45) is 17.8 Å². The normalized spacial score (nSPS) is 26.8. The molecule has 2 saturated carbocycles. The Morgan fingerprint density at radius 3 is 2.52 bits per heavy atom. The Bertz CT molecular complexity index is 735. The number of hydrogen-bond donors (Lipinski definition) is 1. The van der Waals surface area contributed by atoms with Gasteiger partial charge in [0.15, 0.2) is 0 Å². The molecule has 0 radical (unpaired) electrons. The van der Waals surface area contributed by atoms with Crippen molar-refractivity contribution in [3.8, 4) is 0 Å². The van der Waals surface area contributed by atoms with Gasteiger partial charge in [-0.25, -0.2) is 8.42 Å². The number of rotatable bonds is 6. The molecule has 5 nitrogen and oxygen atoms in total. The second-order valence-electron chi connectivity index (χ2n) is 7.41. The maximum absolute atomic E-state index is 12.5. The zero-order valence-corrected chi connectivity index (χ0v) is 16.2. The van der Waals surface area contributed by atoms with E-state index in [-0.39, 0.29) is 23.4 Å². The van der Waals surface area contributed by atoms with Gasteiger partial charge in [0.2, 0.25) is 15.9 Å². The molecule has 2 bridgehead atoms. The Morgan fingerprint density at radius 1 is 1.28 bits per heavy atom. The predicted octanol–water partition coefficient (Wildman–Crippen LogP) is 2.90. The molecule has 4 atom stereocenters. The molecular formula is C18H25ClN2O3S. The molecule has 2 fully saturated rings. The van der Waals surface area contributed by atoms with E-state index >= 15 is 0 Å². The SMILES string of the molecule is C[C@@H](NC(=O)CN(C)S(=O)(=O)c1ccc(Cl)cc1)[C@@H]1C[C@H]2CC[C@H]1C2. The number of carbonyl (C=O) groups is 1. The van der Waals surface area contributed by atoms with Gasteiger partial charge >= 0.3 is 0 Å². The topological polar surface area (TPSA) is 66.5 Å². The summed E-state index contributed by atoms with van der Waals surface area (Å²) < 4.78 is 26.1. The van der Waals surface area contributed by atoms with E-state index < -0.39 is 10.0 Å². The molecule has 7 heteroatoms. The Labute approximate surface area is 154 Å². The van der Waals surface area contributed by atoms with Gasteiger partial charge in [-0.05, 0) is 68.2 Å². The molecular weight excluding hydrogens is 360 g/mol. The van der Waals surface area contributed by atoms with Crippen molar-refractivity contribution < 1.29 is 13.2 Å². The van der Waals surface area contributed by atoms with E-state index in [1.165, 1.54) is 57.0 Å². The van der Waals surface area contributed by atoms with Crippen LogP contribution in [0.4, 0.5) is 0 Å². The number of hydrogen-bond acceptors (Lipinski definition) is 3. The number of benzene rings is 1. The quantitative estimate of drug-likeness (QED) is 0.820. The fourth-order valence-electron chi connectivity index (χ4n) is 4.39. The van der Waals surface area contributed by atoms with Gasteiger partial charge in [0.05, 0.1) is 11.4 Å². The number of halogens is 1. The zero-order valence-electron chi connectivity index (χ0n) is 14.6. The van der Waals surface area contributed by atoms with E-state index in [9.17, 15) is 13.2 Å². The molecule has 0 aliphatic heterocycles. The van der Waals surface area contributed by atoms with Gasteiger partial charge in [-0.3, -0.25) is 4.79 Å². The molecule has 138 valence electrons. The van der Waals surface area contributed by atoms with Crippen LogP contribution in [-0.4, -0.2) is 38.3 Å². The molecule has 25 heavy (non-hydrogen) atoms. The summed E-state index contributed by atoms with van der Waals surface area (Å²) in [5.74, 6) is 1.81. The highest BCUT2D eigenvalue weighted by Gasteiger charge is 2.42. The molecule has 0 saturated heterocycles. The number of amides is 1. The summed E-state index contributed by atoms with van der Waals surface area (Å²) in [5, 5.41) is 3.48. The van der Waals surface area contributed by atoms with Crippen LogP contribution in [-0.2, 0) is 14.8 Å². The van der Waals surface area contributed by atoms with Gasteiger partial charge in [-0.1, -0.05) is 18.0 Å². The van der Waals surface area contributed by atoms with Crippen LogP contribution in [0.25, 0.3) is 0 Å². The van der Waals surface area contributed by atoms with Gasteiger partial charge < -0.3 is 5.32 Å². The number of fused-ring (bicyclic) bond motifs is 2. The van der Waals surface area contributed by atoms with Gasteiger partial charge in [0.25, 0.3) is 0 Å². The number of carbonyl (C=O) groups excluding carboxylic acids is 1. The van der Waals surface area contributed by atoms with Gasteiger partial charge in [-0.2, -0.15) is 4.31 Å². The molecule has 0 heterocycles. The summed E-state index contributed by atoms with van der Waals surface area (Å²) in [5.41, 5.74) is 0. The van der Waals surface area contributed by atoms with E-state index in [0.717, 1.165) is 16.1 Å². The lowest BCUT2D eigenvalue weighted by molar-refractivity contribution is -0.122. The summed E-state index contributed by atoms with van der Waals surface area (Å²) in [6, 6.07) is 6.04. The third-order valence-corrected chi connectivity index (χ3v) is 7.78.